The summed E-state index contributed by atoms with van der Waals surface area (Å²) in [6.07, 6.45) is 0. The fourth-order valence-electron chi connectivity index (χ4n) is 2.79. The molecule has 4 N–H and O–H groups in total. The van der Waals surface area contributed by atoms with Crippen molar-refractivity contribution in [3.63, 3.8) is 0 Å². The molecule has 5 rings (SSSR count). The Bertz CT molecular complexity index is 1070. The predicted octanol–water partition coefficient (Wildman–Crippen LogP) is 4.65. The molecule has 0 saturated carbocycles. The third kappa shape index (κ3) is 4.14. The zero-order valence-electron chi connectivity index (χ0n) is 15.1. The van der Waals surface area contributed by atoms with E-state index in [1.54, 1.807) is 0 Å². The van der Waals surface area contributed by atoms with Gasteiger partial charge in [0.15, 0.2) is 0 Å². The van der Waals surface area contributed by atoms with E-state index in [4.69, 9.17) is 23.2 Å². The van der Waals surface area contributed by atoms with Crippen LogP contribution in [0.3, 0.4) is 0 Å². The first-order valence-electron chi connectivity index (χ1n) is 8.70. The third-order valence-electron chi connectivity index (χ3n) is 3.97. The van der Waals surface area contributed by atoms with E-state index in [0.717, 1.165) is 22.7 Å². The number of nitrogens with zero attached hydrogens (tertiary/aromatic N) is 6. The largest absolute Gasteiger partial charge is 0.324 e. The van der Waals surface area contributed by atoms with Gasteiger partial charge in [-0.3, -0.25) is 0 Å². The van der Waals surface area contributed by atoms with Gasteiger partial charge < -0.3 is 21.3 Å². The fourth-order valence-corrected chi connectivity index (χ4v) is 3.11. The first-order valence-corrected chi connectivity index (χ1v) is 9.46. The van der Waals surface area contributed by atoms with E-state index in [1.165, 1.54) is 0 Å². The van der Waals surface area contributed by atoms with Crippen LogP contribution in [-0.2, 0) is 0 Å². The Morgan fingerprint density at radius 1 is 0.467 bits per heavy atom. The highest BCUT2D eigenvalue weighted by molar-refractivity contribution is 6.28. The molecule has 0 saturated heterocycles. The van der Waals surface area contributed by atoms with E-state index >= 15 is 0 Å². The number of hydrogen-bond donors (Lipinski definition) is 4. The monoisotopic (exact) mass is 438 g/mol. The van der Waals surface area contributed by atoms with Crippen molar-refractivity contribution in [2.24, 2.45) is 0 Å². The molecule has 12 heteroatoms. The van der Waals surface area contributed by atoms with Crippen molar-refractivity contribution in [2.45, 2.75) is 0 Å². The zero-order chi connectivity index (χ0) is 20.5. The van der Waals surface area contributed by atoms with Gasteiger partial charge in [-0.25, -0.2) is 0 Å². The molecule has 0 aliphatic carbocycles. The van der Waals surface area contributed by atoms with Crippen LogP contribution in [0.4, 0.5) is 46.5 Å². The standard InChI is InChI=1S/C18H12Cl2N10/c19-13-25-15-21-9-3-1-4-10(7-9)22-16-26-14(20)28-18(30-16)24-12-6-2-5-11(8-12)23-17(27-13)29-15/h1-8H,(H2,21,23,25,27,29)(H2,22,24,26,28,30). The molecule has 10 nitrogen and oxygen atoms in total. The van der Waals surface area contributed by atoms with Crippen LogP contribution in [0.5, 0.6) is 0 Å². The summed E-state index contributed by atoms with van der Waals surface area (Å²) in [7, 11) is 0. The van der Waals surface area contributed by atoms with E-state index in [0.29, 0.717) is 23.8 Å². The van der Waals surface area contributed by atoms with Crippen molar-refractivity contribution in [3.8, 4) is 0 Å². The Hall–Kier alpha value is -3.76. The number of aromatic nitrogens is 6. The van der Waals surface area contributed by atoms with Gasteiger partial charge in [-0.05, 0) is 59.6 Å². The second kappa shape index (κ2) is 7.58. The highest BCUT2D eigenvalue weighted by atomic mass is 35.5. The Kier molecular flexibility index (Phi) is 4.62. The Labute approximate surface area is 180 Å². The van der Waals surface area contributed by atoms with Crippen LogP contribution in [0, 0.1) is 0 Å². The smallest absolute Gasteiger partial charge is 0.233 e. The van der Waals surface area contributed by atoms with Crippen LogP contribution >= 0.6 is 23.2 Å². The van der Waals surface area contributed by atoms with Gasteiger partial charge in [0.2, 0.25) is 34.4 Å². The van der Waals surface area contributed by atoms with Gasteiger partial charge in [-0.2, -0.15) is 29.9 Å². The second-order valence-corrected chi connectivity index (χ2v) is 6.84. The maximum atomic E-state index is 6.08. The zero-order valence-corrected chi connectivity index (χ0v) is 16.6. The predicted molar refractivity (Wildman–Crippen MR) is 116 cm³/mol. The molecular formula is C18H12Cl2N10. The van der Waals surface area contributed by atoms with Crippen LogP contribution in [0.25, 0.3) is 0 Å². The maximum absolute atomic E-state index is 6.08. The number of anilines is 8. The lowest BCUT2D eigenvalue weighted by molar-refractivity contribution is 1.06. The van der Waals surface area contributed by atoms with Gasteiger partial charge in [0.25, 0.3) is 0 Å². The van der Waals surface area contributed by atoms with Gasteiger partial charge in [-0.15, -0.1) is 0 Å². The van der Waals surface area contributed by atoms with Crippen molar-refractivity contribution < 1.29 is 0 Å². The number of fused-ring (bicyclic) bond motifs is 8. The van der Waals surface area contributed by atoms with Crippen LogP contribution in [0.15, 0.2) is 48.5 Å². The van der Waals surface area contributed by atoms with Crippen molar-refractivity contribution in [1.29, 1.82) is 0 Å². The van der Waals surface area contributed by atoms with E-state index in [2.05, 4.69) is 51.2 Å². The van der Waals surface area contributed by atoms with E-state index in [9.17, 15) is 0 Å². The van der Waals surface area contributed by atoms with Gasteiger partial charge in [0, 0.05) is 22.7 Å². The molecule has 1 aliphatic heterocycles. The van der Waals surface area contributed by atoms with E-state index in [1.807, 2.05) is 48.5 Å². The summed E-state index contributed by atoms with van der Waals surface area (Å²) in [4.78, 5) is 25.3. The molecule has 0 radical (unpaired) electrons. The summed E-state index contributed by atoms with van der Waals surface area (Å²) in [5.74, 6) is 1.17. The molecule has 30 heavy (non-hydrogen) atoms. The first-order chi connectivity index (χ1) is 14.6. The highest BCUT2D eigenvalue weighted by Gasteiger charge is 2.10. The minimum absolute atomic E-state index is 0.0573. The summed E-state index contributed by atoms with van der Waals surface area (Å²) in [6, 6.07) is 14.8. The van der Waals surface area contributed by atoms with Gasteiger partial charge in [0.1, 0.15) is 0 Å². The minimum atomic E-state index is 0.0573. The number of halogens is 2. The molecule has 0 unspecified atom stereocenters. The highest BCUT2D eigenvalue weighted by Crippen LogP contribution is 2.25. The first kappa shape index (κ1) is 18.3. The Morgan fingerprint density at radius 2 is 0.767 bits per heavy atom. The quantitative estimate of drug-likeness (QED) is 0.271. The maximum Gasteiger partial charge on any atom is 0.233 e. The Balaban J connectivity index is 1.63. The fraction of sp³-hybridized carbons (Fsp3) is 0. The SMILES string of the molecule is Clc1nc2nc(n1)Nc1cccc(c1)Nc1nc(Cl)nc(n1)Nc1cccc(c1)N2. The molecule has 4 aromatic rings. The molecule has 148 valence electrons. The molecule has 0 fully saturated rings. The average Bonchev–Trinajstić information content (AvgIpc) is 2.67. The van der Waals surface area contributed by atoms with Crippen molar-refractivity contribution >= 4 is 69.7 Å². The molecule has 3 heterocycles. The van der Waals surface area contributed by atoms with Crippen molar-refractivity contribution in [1.82, 2.24) is 29.9 Å². The van der Waals surface area contributed by atoms with Crippen LogP contribution in [0.1, 0.15) is 0 Å². The molecule has 2 aromatic heterocycles. The second-order valence-electron chi connectivity index (χ2n) is 6.16. The molecule has 8 bridgehead atoms. The van der Waals surface area contributed by atoms with Gasteiger partial charge >= 0.3 is 0 Å². The summed E-state index contributed by atoms with van der Waals surface area (Å²) >= 11 is 12.2. The normalized spacial score (nSPS) is 12.1. The van der Waals surface area contributed by atoms with E-state index in [-0.39, 0.29) is 10.6 Å². The molecule has 0 spiro atoms. The molecule has 2 aromatic carbocycles. The lowest BCUT2D eigenvalue weighted by atomic mass is 10.2. The van der Waals surface area contributed by atoms with Crippen LogP contribution in [0.2, 0.25) is 10.6 Å². The summed E-state index contributed by atoms with van der Waals surface area (Å²) in [5.41, 5.74) is 2.89. The average molecular weight is 439 g/mol. The van der Waals surface area contributed by atoms with E-state index < -0.39 is 0 Å². The number of nitrogens with one attached hydrogen (secondary N) is 4. The summed E-state index contributed by atoms with van der Waals surface area (Å²) in [5, 5.41) is 12.6. The number of rotatable bonds is 0. The molecule has 1 aliphatic rings. The van der Waals surface area contributed by atoms with Crippen LogP contribution in [-0.4, -0.2) is 29.9 Å². The van der Waals surface area contributed by atoms with Crippen LogP contribution < -0.4 is 21.3 Å². The summed E-state index contributed by atoms with van der Waals surface area (Å²) in [6.45, 7) is 0. The van der Waals surface area contributed by atoms with Gasteiger partial charge in [-0.1, -0.05) is 12.1 Å². The van der Waals surface area contributed by atoms with Crippen molar-refractivity contribution in [2.75, 3.05) is 21.3 Å². The topological polar surface area (TPSA) is 125 Å². The Morgan fingerprint density at radius 3 is 1.07 bits per heavy atom. The minimum Gasteiger partial charge on any atom is -0.324 e. The number of benzene rings is 2. The lowest BCUT2D eigenvalue weighted by Gasteiger charge is -2.13. The van der Waals surface area contributed by atoms with Crippen molar-refractivity contribution in [3.05, 3.63) is 59.1 Å². The third-order valence-corrected chi connectivity index (χ3v) is 4.30. The summed E-state index contributed by atoms with van der Waals surface area (Å²) < 4.78 is 0. The van der Waals surface area contributed by atoms with Gasteiger partial charge in [0.05, 0.1) is 0 Å². The number of hydrogen-bond acceptors (Lipinski definition) is 10. The lowest BCUT2D eigenvalue weighted by Crippen LogP contribution is -2.06. The molecule has 0 amide bonds. The molecular weight excluding hydrogens is 427 g/mol. The molecule has 0 atom stereocenters.